The number of halogens is 5. The Labute approximate surface area is 101 Å². The van der Waals surface area contributed by atoms with Crippen molar-refractivity contribution in [2.24, 2.45) is 5.73 Å². The molecule has 0 amide bonds. The van der Waals surface area contributed by atoms with Gasteiger partial charge >= 0.3 is 6.18 Å². The van der Waals surface area contributed by atoms with Crippen LogP contribution < -0.4 is 5.73 Å². The summed E-state index contributed by atoms with van der Waals surface area (Å²) >= 11 is 4.94. The van der Waals surface area contributed by atoms with Gasteiger partial charge in [-0.05, 0) is 46.4 Å². The molecule has 0 aliphatic rings. The van der Waals surface area contributed by atoms with Gasteiger partial charge in [0.05, 0.1) is 0 Å². The molecule has 0 radical (unpaired) electrons. The van der Waals surface area contributed by atoms with E-state index in [0.717, 1.165) is 0 Å². The van der Waals surface area contributed by atoms with Gasteiger partial charge in [-0.25, -0.2) is 0 Å². The normalized spacial score (nSPS) is 14.1. The molecule has 2 N–H and O–H groups in total. The summed E-state index contributed by atoms with van der Waals surface area (Å²) in [5.74, 6) is 0. The van der Waals surface area contributed by atoms with Crippen LogP contribution in [0.5, 0.6) is 0 Å². The van der Waals surface area contributed by atoms with Crippen molar-refractivity contribution in [3.8, 4) is 0 Å². The van der Waals surface area contributed by atoms with Gasteiger partial charge in [-0.1, -0.05) is 15.9 Å². The van der Waals surface area contributed by atoms with Crippen LogP contribution in [0.4, 0.5) is 13.2 Å². The lowest BCUT2D eigenvalue weighted by molar-refractivity contribution is -0.149. The number of nitrogens with two attached hydrogens (primary N) is 1. The average Bonchev–Trinajstić information content (AvgIpc) is 2.06. The first kappa shape index (κ1) is 12.3. The summed E-state index contributed by atoms with van der Waals surface area (Å²) in [4.78, 5) is 0. The highest BCUT2D eigenvalue weighted by molar-refractivity contribution is 14.1. The van der Waals surface area contributed by atoms with Crippen LogP contribution in [-0.2, 0) is 0 Å². The first-order valence-corrected chi connectivity index (χ1v) is 5.47. The SMILES string of the molecule is N[C@H](c1cc(Br)ccc1I)C(F)(F)F. The van der Waals surface area contributed by atoms with Crippen LogP contribution in [0.2, 0.25) is 0 Å². The van der Waals surface area contributed by atoms with Crippen LogP contribution >= 0.6 is 38.5 Å². The molecule has 0 saturated carbocycles. The first-order valence-electron chi connectivity index (χ1n) is 3.59. The second kappa shape index (κ2) is 4.36. The molecule has 0 spiro atoms. The van der Waals surface area contributed by atoms with Gasteiger partial charge in [0.25, 0.3) is 0 Å². The summed E-state index contributed by atoms with van der Waals surface area (Å²) in [6.45, 7) is 0. The van der Waals surface area contributed by atoms with Gasteiger partial charge in [-0.2, -0.15) is 13.2 Å². The maximum absolute atomic E-state index is 12.3. The summed E-state index contributed by atoms with van der Waals surface area (Å²) in [5.41, 5.74) is 5.18. The van der Waals surface area contributed by atoms with E-state index in [0.29, 0.717) is 8.04 Å². The zero-order chi connectivity index (χ0) is 10.9. The van der Waals surface area contributed by atoms with Crippen LogP contribution in [0.25, 0.3) is 0 Å². The zero-order valence-corrected chi connectivity index (χ0v) is 10.5. The average molecular weight is 380 g/mol. The molecular formula is C8H6BrF3IN. The van der Waals surface area contributed by atoms with Crippen molar-refractivity contribution in [2.75, 3.05) is 0 Å². The second-order valence-electron chi connectivity index (χ2n) is 2.69. The van der Waals surface area contributed by atoms with Crippen molar-refractivity contribution in [3.05, 3.63) is 31.8 Å². The Morgan fingerprint density at radius 2 is 1.93 bits per heavy atom. The predicted molar refractivity (Wildman–Crippen MR) is 59.8 cm³/mol. The quantitative estimate of drug-likeness (QED) is 0.741. The maximum Gasteiger partial charge on any atom is 0.407 e. The number of alkyl halides is 3. The Bertz CT molecular complexity index is 340. The highest BCUT2D eigenvalue weighted by Gasteiger charge is 2.38. The van der Waals surface area contributed by atoms with Crippen LogP contribution in [0.3, 0.4) is 0 Å². The molecule has 1 aromatic rings. The van der Waals surface area contributed by atoms with Gasteiger partial charge in [0, 0.05) is 8.04 Å². The molecule has 78 valence electrons. The third kappa shape index (κ3) is 2.83. The minimum Gasteiger partial charge on any atom is -0.316 e. The molecule has 0 unspecified atom stereocenters. The Morgan fingerprint density at radius 3 is 2.43 bits per heavy atom. The van der Waals surface area contributed by atoms with Crippen molar-refractivity contribution in [3.63, 3.8) is 0 Å². The molecule has 6 heteroatoms. The monoisotopic (exact) mass is 379 g/mol. The van der Waals surface area contributed by atoms with Gasteiger partial charge in [0.2, 0.25) is 0 Å². The third-order valence-corrected chi connectivity index (χ3v) is 3.12. The van der Waals surface area contributed by atoms with Crippen LogP contribution in [-0.4, -0.2) is 6.18 Å². The summed E-state index contributed by atoms with van der Waals surface area (Å²) in [6, 6.07) is 2.73. The molecule has 1 aromatic carbocycles. The van der Waals surface area contributed by atoms with Gasteiger partial charge in [-0.3, -0.25) is 0 Å². The molecule has 0 aromatic heterocycles. The number of benzene rings is 1. The third-order valence-electron chi connectivity index (χ3n) is 1.65. The van der Waals surface area contributed by atoms with E-state index in [9.17, 15) is 13.2 Å². The molecule has 14 heavy (non-hydrogen) atoms. The van der Waals surface area contributed by atoms with Gasteiger partial charge in [-0.15, -0.1) is 0 Å². The topological polar surface area (TPSA) is 26.0 Å². The van der Waals surface area contributed by atoms with E-state index in [4.69, 9.17) is 5.73 Å². The minimum atomic E-state index is -4.40. The van der Waals surface area contributed by atoms with E-state index in [1.807, 2.05) is 22.6 Å². The van der Waals surface area contributed by atoms with E-state index in [-0.39, 0.29) is 5.56 Å². The lowest BCUT2D eigenvalue weighted by atomic mass is 10.1. The molecule has 1 atom stereocenters. The molecule has 0 aliphatic carbocycles. The van der Waals surface area contributed by atoms with Crippen LogP contribution in [0.15, 0.2) is 22.7 Å². The van der Waals surface area contributed by atoms with Crippen molar-refractivity contribution in [1.82, 2.24) is 0 Å². The number of hydrogen-bond donors (Lipinski definition) is 1. The number of hydrogen-bond acceptors (Lipinski definition) is 1. The van der Waals surface area contributed by atoms with E-state index in [2.05, 4.69) is 15.9 Å². The Balaban J connectivity index is 3.12. The lowest BCUT2D eigenvalue weighted by Crippen LogP contribution is -2.29. The largest absolute Gasteiger partial charge is 0.407 e. The molecule has 0 bridgehead atoms. The fraction of sp³-hybridized carbons (Fsp3) is 0.250. The Kier molecular flexibility index (Phi) is 3.81. The van der Waals surface area contributed by atoms with E-state index in [1.54, 1.807) is 12.1 Å². The predicted octanol–water partition coefficient (Wildman–Crippen LogP) is 3.62. The molecule has 0 fully saturated rings. The van der Waals surface area contributed by atoms with Crippen molar-refractivity contribution >= 4 is 38.5 Å². The standard InChI is InChI=1S/C8H6BrF3IN/c9-4-1-2-6(13)5(3-4)7(14)8(10,11)12/h1-3,7H,14H2/t7-/m1/s1. The second-order valence-corrected chi connectivity index (χ2v) is 4.76. The highest BCUT2D eigenvalue weighted by Crippen LogP contribution is 2.33. The van der Waals surface area contributed by atoms with E-state index < -0.39 is 12.2 Å². The van der Waals surface area contributed by atoms with Crippen molar-refractivity contribution in [1.29, 1.82) is 0 Å². The molecule has 0 aliphatic heterocycles. The van der Waals surface area contributed by atoms with E-state index >= 15 is 0 Å². The van der Waals surface area contributed by atoms with Crippen LogP contribution in [0, 0.1) is 3.57 Å². The minimum absolute atomic E-state index is 0.0903. The van der Waals surface area contributed by atoms with Crippen LogP contribution in [0.1, 0.15) is 11.6 Å². The van der Waals surface area contributed by atoms with Gasteiger partial charge in [0.1, 0.15) is 6.04 Å². The lowest BCUT2D eigenvalue weighted by Gasteiger charge is -2.17. The van der Waals surface area contributed by atoms with E-state index in [1.165, 1.54) is 6.07 Å². The maximum atomic E-state index is 12.3. The molecule has 1 nitrogen and oxygen atoms in total. The Hall–Kier alpha value is 0.180. The summed E-state index contributed by atoms with van der Waals surface area (Å²) in [6.07, 6.45) is -4.40. The smallest absolute Gasteiger partial charge is 0.316 e. The zero-order valence-electron chi connectivity index (χ0n) is 6.78. The molecule has 1 rings (SSSR count). The van der Waals surface area contributed by atoms with Gasteiger partial charge in [0.15, 0.2) is 0 Å². The van der Waals surface area contributed by atoms with Gasteiger partial charge < -0.3 is 5.73 Å². The summed E-state index contributed by atoms with van der Waals surface area (Å²) < 4.78 is 38.0. The highest BCUT2D eigenvalue weighted by atomic mass is 127. The molecular weight excluding hydrogens is 374 g/mol. The van der Waals surface area contributed by atoms with Crippen molar-refractivity contribution in [2.45, 2.75) is 12.2 Å². The van der Waals surface area contributed by atoms with Crippen molar-refractivity contribution < 1.29 is 13.2 Å². The number of rotatable bonds is 1. The Morgan fingerprint density at radius 1 is 1.36 bits per heavy atom. The molecule has 0 saturated heterocycles. The fourth-order valence-electron chi connectivity index (χ4n) is 0.929. The summed E-state index contributed by atoms with van der Waals surface area (Å²) in [5, 5.41) is 0. The summed E-state index contributed by atoms with van der Waals surface area (Å²) in [7, 11) is 0. The fourth-order valence-corrected chi connectivity index (χ4v) is 1.98. The first-order chi connectivity index (χ1) is 6.32. The molecule has 0 heterocycles.